The average molecular weight is 317 g/mol. The fourth-order valence-corrected chi connectivity index (χ4v) is 2.96. The third-order valence-electron chi connectivity index (χ3n) is 4.23. The molecule has 1 aliphatic rings. The van der Waals surface area contributed by atoms with E-state index in [1.54, 1.807) is 13.0 Å². The summed E-state index contributed by atoms with van der Waals surface area (Å²) in [5, 5.41) is 15.0. The zero-order valence-corrected chi connectivity index (χ0v) is 12.9. The Morgan fingerprint density at radius 3 is 2.87 bits per heavy atom. The first kappa shape index (κ1) is 15.4. The molecule has 3 atom stereocenters. The third-order valence-corrected chi connectivity index (χ3v) is 4.23. The molecular formula is C15H19N5O3. The molecule has 0 bridgehead atoms. The van der Waals surface area contributed by atoms with Crippen LogP contribution in [0.2, 0.25) is 0 Å². The Morgan fingerprint density at radius 1 is 1.39 bits per heavy atom. The maximum atomic E-state index is 12.4. The van der Waals surface area contributed by atoms with Gasteiger partial charge in [0.2, 0.25) is 5.91 Å². The van der Waals surface area contributed by atoms with Gasteiger partial charge in [0.15, 0.2) is 6.04 Å². The smallest absolute Gasteiger partial charge is 0.254 e. The SMILES string of the molecule is CCn1ccc2ccc(NC(=O)C3NNC(C)C3[N+](=O)[O-])cc21. The number of carbonyl (C=O) groups is 1. The van der Waals surface area contributed by atoms with Crippen molar-refractivity contribution >= 4 is 22.5 Å². The number of anilines is 1. The highest BCUT2D eigenvalue weighted by atomic mass is 16.6. The van der Waals surface area contributed by atoms with Gasteiger partial charge in [-0.3, -0.25) is 14.9 Å². The van der Waals surface area contributed by atoms with Gasteiger partial charge in [-0.25, -0.2) is 10.9 Å². The van der Waals surface area contributed by atoms with Crippen LogP contribution in [0.5, 0.6) is 0 Å². The molecule has 3 unspecified atom stereocenters. The number of carbonyl (C=O) groups excluding carboxylic acids is 1. The van der Waals surface area contributed by atoms with Crippen molar-refractivity contribution in [3.63, 3.8) is 0 Å². The van der Waals surface area contributed by atoms with Crippen LogP contribution in [0.3, 0.4) is 0 Å². The molecule has 3 N–H and O–H groups in total. The van der Waals surface area contributed by atoms with E-state index in [0.717, 1.165) is 17.4 Å². The summed E-state index contributed by atoms with van der Waals surface area (Å²) in [6.45, 7) is 4.55. The van der Waals surface area contributed by atoms with Crippen LogP contribution >= 0.6 is 0 Å². The van der Waals surface area contributed by atoms with Crippen molar-refractivity contribution in [3.8, 4) is 0 Å². The second kappa shape index (κ2) is 5.98. The van der Waals surface area contributed by atoms with Gasteiger partial charge in [0.1, 0.15) is 0 Å². The van der Waals surface area contributed by atoms with E-state index in [4.69, 9.17) is 0 Å². The standard InChI is InChI=1S/C15H19N5O3/c1-3-19-7-6-10-4-5-11(8-12(10)19)16-15(21)13-14(20(22)23)9(2)17-18-13/h4-9,13-14,17-18H,3H2,1-2H3,(H,16,21). The van der Waals surface area contributed by atoms with Crippen LogP contribution < -0.4 is 16.2 Å². The predicted molar refractivity (Wildman–Crippen MR) is 86.5 cm³/mol. The summed E-state index contributed by atoms with van der Waals surface area (Å²) < 4.78 is 2.07. The number of hydrazine groups is 1. The summed E-state index contributed by atoms with van der Waals surface area (Å²) >= 11 is 0. The number of hydrogen-bond donors (Lipinski definition) is 3. The van der Waals surface area contributed by atoms with Gasteiger partial charge in [-0.15, -0.1) is 0 Å². The van der Waals surface area contributed by atoms with E-state index in [1.165, 1.54) is 0 Å². The van der Waals surface area contributed by atoms with Crippen LogP contribution in [-0.4, -0.2) is 33.5 Å². The number of rotatable bonds is 4. The number of benzene rings is 1. The Bertz CT molecular complexity index is 757. The van der Waals surface area contributed by atoms with Gasteiger partial charge in [0.25, 0.3) is 6.04 Å². The van der Waals surface area contributed by atoms with Gasteiger partial charge in [-0.05, 0) is 37.4 Å². The molecule has 8 nitrogen and oxygen atoms in total. The topological polar surface area (TPSA) is 101 Å². The van der Waals surface area contributed by atoms with E-state index in [-0.39, 0.29) is 0 Å². The van der Waals surface area contributed by atoms with Gasteiger partial charge >= 0.3 is 0 Å². The maximum Gasteiger partial charge on any atom is 0.254 e. The Kier molecular flexibility index (Phi) is 4.01. The van der Waals surface area contributed by atoms with E-state index in [0.29, 0.717) is 5.69 Å². The quantitative estimate of drug-likeness (QED) is 0.579. The van der Waals surface area contributed by atoms with E-state index < -0.39 is 29.0 Å². The van der Waals surface area contributed by atoms with Gasteiger partial charge in [0, 0.05) is 23.4 Å². The molecule has 1 aliphatic heterocycles. The fourth-order valence-electron chi connectivity index (χ4n) is 2.96. The van der Waals surface area contributed by atoms with Crippen molar-refractivity contribution in [3.05, 3.63) is 40.6 Å². The molecule has 23 heavy (non-hydrogen) atoms. The summed E-state index contributed by atoms with van der Waals surface area (Å²) in [4.78, 5) is 23.1. The Morgan fingerprint density at radius 2 is 2.17 bits per heavy atom. The minimum Gasteiger partial charge on any atom is -0.348 e. The lowest BCUT2D eigenvalue weighted by Gasteiger charge is -2.14. The number of aryl methyl sites for hydroxylation is 1. The van der Waals surface area contributed by atoms with Crippen LogP contribution in [0.15, 0.2) is 30.5 Å². The summed E-state index contributed by atoms with van der Waals surface area (Å²) in [5.74, 6) is -0.419. The largest absolute Gasteiger partial charge is 0.348 e. The summed E-state index contributed by atoms with van der Waals surface area (Å²) in [6, 6.07) is 5.28. The van der Waals surface area contributed by atoms with Crippen molar-refractivity contribution in [1.82, 2.24) is 15.4 Å². The molecule has 2 heterocycles. The molecule has 8 heteroatoms. The van der Waals surface area contributed by atoms with Crippen LogP contribution in [0, 0.1) is 10.1 Å². The minimum absolute atomic E-state index is 0.416. The third kappa shape index (κ3) is 2.78. The van der Waals surface area contributed by atoms with Crippen molar-refractivity contribution in [2.75, 3.05) is 5.32 Å². The number of nitro groups is 1. The van der Waals surface area contributed by atoms with Crippen LogP contribution in [0.1, 0.15) is 13.8 Å². The summed E-state index contributed by atoms with van der Waals surface area (Å²) in [6.07, 6.45) is 1.99. The van der Waals surface area contributed by atoms with Crippen molar-refractivity contribution in [2.45, 2.75) is 38.5 Å². The number of amides is 1. The lowest BCUT2D eigenvalue weighted by Crippen LogP contribution is -2.47. The van der Waals surface area contributed by atoms with Crippen LogP contribution in [0.4, 0.5) is 5.69 Å². The zero-order chi connectivity index (χ0) is 16.6. The molecule has 1 fully saturated rings. The lowest BCUT2D eigenvalue weighted by atomic mass is 10.0. The maximum absolute atomic E-state index is 12.4. The van der Waals surface area contributed by atoms with Crippen molar-refractivity contribution in [2.24, 2.45) is 0 Å². The first-order valence-corrected chi connectivity index (χ1v) is 7.55. The van der Waals surface area contributed by atoms with Gasteiger partial charge in [-0.2, -0.15) is 0 Å². The fraction of sp³-hybridized carbons (Fsp3) is 0.400. The second-order valence-corrected chi connectivity index (χ2v) is 5.70. The Balaban J connectivity index is 1.81. The number of nitrogens with one attached hydrogen (secondary N) is 3. The number of nitrogens with zero attached hydrogens (tertiary/aromatic N) is 2. The summed E-state index contributed by atoms with van der Waals surface area (Å²) in [5.41, 5.74) is 7.10. The molecule has 0 radical (unpaired) electrons. The molecule has 1 aromatic carbocycles. The highest BCUT2D eigenvalue weighted by molar-refractivity contribution is 5.97. The minimum atomic E-state index is -1.00. The van der Waals surface area contributed by atoms with E-state index in [1.807, 2.05) is 31.3 Å². The highest BCUT2D eigenvalue weighted by Gasteiger charge is 2.46. The van der Waals surface area contributed by atoms with E-state index in [9.17, 15) is 14.9 Å². The Hall–Kier alpha value is -2.45. The molecular weight excluding hydrogens is 298 g/mol. The first-order valence-electron chi connectivity index (χ1n) is 7.55. The normalized spacial score (nSPS) is 24.0. The molecule has 1 saturated heterocycles. The first-order chi connectivity index (χ1) is 11.0. The van der Waals surface area contributed by atoms with Gasteiger partial charge in [0.05, 0.1) is 11.6 Å². The summed E-state index contributed by atoms with van der Waals surface area (Å²) in [7, 11) is 0. The monoisotopic (exact) mass is 317 g/mol. The van der Waals surface area contributed by atoms with E-state index >= 15 is 0 Å². The number of aromatic nitrogens is 1. The molecule has 0 saturated carbocycles. The number of hydrogen-bond acceptors (Lipinski definition) is 5. The average Bonchev–Trinajstić information content (AvgIpc) is 3.10. The molecule has 2 aromatic rings. The predicted octanol–water partition coefficient (Wildman–Crippen LogP) is 1.11. The molecule has 1 amide bonds. The molecule has 122 valence electrons. The molecule has 3 rings (SSSR count). The molecule has 0 aliphatic carbocycles. The van der Waals surface area contributed by atoms with Crippen LogP contribution in [-0.2, 0) is 11.3 Å². The molecule has 0 spiro atoms. The second-order valence-electron chi connectivity index (χ2n) is 5.70. The van der Waals surface area contributed by atoms with E-state index in [2.05, 4.69) is 20.7 Å². The van der Waals surface area contributed by atoms with Gasteiger partial charge < -0.3 is 9.88 Å². The van der Waals surface area contributed by atoms with Crippen LogP contribution in [0.25, 0.3) is 10.9 Å². The van der Waals surface area contributed by atoms with Crippen molar-refractivity contribution in [1.29, 1.82) is 0 Å². The Labute approximate surface area is 133 Å². The molecule has 1 aromatic heterocycles. The van der Waals surface area contributed by atoms with Gasteiger partial charge in [-0.1, -0.05) is 6.07 Å². The zero-order valence-electron chi connectivity index (χ0n) is 12.9. The number of fused-ring (bicyclic) bond motifs is 1. The lowest BCUT2D eigenvalue weighted by molar-refractivity contribution is -0.522. The highest BCUT2D eigenvalue weighted by Crippen LogP contribution is 2.21. The van der Waals surface area contributed by atoms with Crippen molar-refractivity contribution < 1.29 is 9.72 Å².